The maximum atomic E-state index is 12.6. The third-order valence-electron chi connectivity index (χ3n) is 7.17. The summed E-state index contributed by atoms with van der Waals surface area (Å²) >= 11 is 0. The molecule has 2 rings (SSSR count). The normalized spacial score (nSPS) is 12.9. The zero-order valence-corrected chi connectivity index (χ0v) is 23.4. The van der Waals surface area contributed by atoms with Gasteiger partial charge in [0.1, 0.15) is 5.75 Å². The van der Waals surface area contributed by atoms with Gasteiger partial charge in [0.2, 0.25) is 0 Å². The van der Waals surface area contributed by atoms with Crippen LogP contribution in [0.1, 0.15) is 145 Å². The molecule has 0 aliphatic carbocycles. The van der Waals surface area contributed by atoms with E-state index in [9.17, 15) is 4.79 Å². The molecule has 0 saturated carbocycles. The van der Waals surface area contributed by atoms with Crippen molar-refractivity contribution in [1.29, 1.82) is 0 Å². The summed E-state index contributed by atoms with van der Waals surface area (Å²) in [6, 6.07) is 15.6. The second-order valence-corrected chi connectivity index (χ2v) is 10.2. The molecule has 36 heavy (non-hydrogen) atoms. The van der Waals surface area contributed by atoms with Crippen LogP contribution in [-0.4, -0.2) is 12.6 Å². The molecular weight excluding hydrogens is 444 g/mol. The first-order valence-corrected chi connectivity index (χ1v) is 14.6. The molecule has 2 unspecified atom stereocenters. The van der Waals surface area contributed by atoms with Gasteiger partial charge in [-0.3, -0.25) is 0 Å². The molecule has 0 spiro atoms. The maximum Gasteiger partial charge on any atom is 0.343 e. The van der Waals surface area contributed by atoms with Gasteiger partial charge in [0.05, 0.1) is 11.7 Å². The largest absolute Gasteiger partial charge is 0.423 e. The lowest BCUT2D eigenvalue weighted by molar-refractivity contribution is 0.0626. The molecule has 0 bridgehead atoms. The Morgan fingerprint density at radius 3 is 1.81 bits per heavy atom. The summed E-state index contributed by atoms with van der Waals surface area (Å²) in [4.78, 5) is 12.6. The van der Waals surface area contributed by atoms with Crippen molar-refractivity contribution in [2.45, 2.75) is 123 Å². The Morgan fingerprint density at radius 2 is 1.25 bits per heavy atom. The van der Waals surface area contributed by atoms with Crippen LogP contribution in [0.4, 0.5) is 0 Å². The molecule has 200 valence electrons. The van der Waals surface area contributed by atoms with Gasteiger partial charge in [-0.25, -0.2) is 4.79 Å². The number of hydrogen-bond donors (Lipinski definition) is 0. The number of esters is 1. The van der Waals surface area contributed by atoms with E-state index in [1.54, 1.807) is 0 Å². The predicted octanol–water partition coefficient (Wildman–Crippen LogP) is 10.2. The third kappa shape index (κ3) is 11.3. The first kappa shape index (κ1) is 30.1. The average Bonchev–Trinajstić information content (AvgIpc) is 2.91. The second-order valence-electron chi connectivity index (χ2n) is 10.2. The molecule has 0 saturated heterocycles. The van der Waals surface area contributed by atoms with E-state index in [0.29, 0.717) is 17.2 Å². The van der Waals surface area contributed by atoms with Crippen LogP contribution in [0.5, 0.6) is 5.75 Å². The van der Waals surface area contributed by atoms with Gasteiger partial charge in [-0.2, -0.15) is 0 Å². The summed E-state index contributed by atoms with van der Waals surface area (Å²) in [6.45, 7) is 9.57. The standard InChI is InChI=1S/C33H50O3/c1-5-8-9-10-11-12-13-14-15-16-26-35-27(4)29-18-20-31(21-19-29)33(34)36-32-24-22-30(23-25-32)28(7-3)17-6-2/h18-25,27-28H,5-17,26H2,1-4H3. The Balaban J connectivity index is 1.67. The van der Waals surface area contributed by atoms with Gasteiger partial charge in [-0.15, -0.1) is 0 Å². The topological polar surface area (TPSA) is 35.5 Å². The highest BCUT2D eigenvalue weighted by atomic mass is 16.5. The Hall–Kier alpha value is -2.13. The van der Waals surface area contributed by atoms with Crippen molar-refractivity contribution in [3.8, 4) is 5.75 Å². The van der Waals surface area contributed by atoms with Crippen LogP contribution in [0.2, 0.25) is 0 Å². The van der Waals surface area contributed by atoms with Crippen LogP contribution >= 0.6 is 0 Å². The Bertz CT molecular complexity index is 825. The number of carbonyl (C=O) groups is 1. The molecule has 3 heteroatoms. The summed E-state index contributed by atoms with van der Waals surface area (Å²) in [5, 5.41) is 0. The van der Waals surface area contributed by atoms with Gasteiger partial charge in [-0.05, 0) is 67.5 Å². The SMILES string of the molecule is CCCCCCCCCCCCOC(C)c1ccc(C(=O)Oc2ccc(C(CC)CCC)cc2)cc1. The molecule has 0 amide bonds. The first-order valence-electron chi connectivity index (χ1n) is 14.6. The monoisotopic (exact) mass is 494 g/mol. The van der Waals surface area contributed by atoms with Crippen LogP contribution in [-0.2, 0) is 4.74 Å². The highest BCUT2D eigenvalue weighted by Crippen LogP contribution is 2.27. The van der Waals surface area contributed by atoms with Gasteiger partial charge >= 0.3 is 5.97 Å². The zero-order valence-electron chi connectivity index (χ0n) is 23.4. The third-order valence-corrected chi connectivity index (χ3v) is 7.17. The fourth-order valence-electron chi connectivity index (χ4n) is 4.77. The molecule has 2 aromatic rings. The number of ether oxygens (including phenoxy) is 2. The van der Waals surface area contributed by atoms with Crippen molar-refractivity contribution in [1.82, 2.24) is 0 Å². The molecule has 0 aromatic heterocycles. The highest BCUT2D eigenvalue weighted by Gasteiger charge is 2.13. The zero-order chi connectivity index (χ0) is 26.0. The summed E-state index contributed by atoms with van der Waals surface area (Å²) < 4.78 is 11.6. The molecule has 0 N–H and O–H groups in total. The fourth-order valence-corrected chi connectivity index (χ4v) is 4.77. The minimum Gasteiger partial charge on any atom is -0.423 e. The minimum absolute atomic E-state index is 0.0239. The van der Waals surface area contributed by atoms with E-state index in [2.05, 4.69) is 39.8 Å². The second kappa shape index (κ2) is 18.2. The van der Waals surface area contributed by atoms with Gasteiger partial charge in [0, 0.05) is 6.61 Å². The van der Waals surface area contributed by atoms with Crippen LogP contribution in [0.15, 0.2) is 48.5 Å². The summed E-state index contributed by atoms with van der Waals surface area (Å²) in [6.07, 6.45) is 16.8. The molecule has 2 atom stereocenters. The molecule has 2 aromatic carbocycles. The van der Waals surface area contributed by atoms with E-state index in [-0.39, 0.29) is 12.1 Å². The molecule has 0 aliphatic rings. The molecule has 0 heterocycles. The van der Waals surface area contributed by atoms with E-state index in [1.807, 2.05) is 36.4 Å². The van der Waals surface area contributed by atoms with Crippen molar-refractivity contribution in [3.05, 3.63) is 65.2 Å². The number of benzene rings is 2. The molecule has 0 fully saturated rings. The minimum atomic E-state index is -0.325. The van der Waals surface area contributed by atoms with Crippen molar-refractivity contribution in [2.75, 3.05) is 6.61 Å². The van der Waals surface area contributed by atoms with E-state index in [4.69, 9.17) is 9.47 Å². The van der Waals surface area contributed by atoms with Crippen LogP contribution in [0.25, 0.3) is 0 Å². The number of unbranched alkanes of at least 4 members (excludes halogenated alkanes) is 9. The number of rotatable bonds is 19. The number of carbonyl (C=O) groups excluding carboxylic acids is 1. The van der Waals surface area contributed by atoms with Crippen molar-refractivity contribution in [2.24, 2.45) is 0 Å². The first-order chi connectivity index (χ1) is 17.6. The van der Waals surface area contributed by atoms with E-state index in [0.717, 1.165) is 25.0 Å². The number of hydrogen-bond acceptors (Lipinski definition) is 3. The van der Waals surface area contributed by atoms with Gasteiger partial charge in [-0.1, -0.05) is 109 Å². The molecular formula is C33H50O3. The van der Waals surface area contributed by atoms with Crippen LogP contribution < -0.4 is 4.74 Å². The van der Waals surface area contributed by atoms with E-state index < -0.39 is 0 Å². The molecule has 0 radical (unpaired) electrons. The lowest BCUT2D eigenvalue weighted by atomic mass is 9.92. The molecule has 0 aliphatic heterocycles. The summed E-state index contributed by atoms with van der Waals surface area (Å²) in [7, 11) is 0. The summed E-state index contributed by atoms with van der Waals surface area (Å²) in [5.41, 5.74) is 2.96. The predicted molar refractivity (Wildman–Crippen MR) is 152 cm³/mol. The summed E-state index contributed by atoms with van der Waals surface area (Å²) in [5.74, 6) is 0.836. The fraction of sp³-hybridized carbons (Fsp3) is 0.606. The van der Waals surface area contributed by atoms with Crippen molar-refractivity contribution in [3.63, 3.8) is 0 Å². The average molecular weight is 495 g/mol. The molecule has 3 nitrogen and oxygen atoms in total. The highest BCUT2D eigenvalue weighted by molar-refractivity contribution is 5.91. The van der Waals surface area contributed by atoms with Gasteiger partial charge in [0.25, 0.3) is 0 Å². The Kier molecular flexibility index (Phi) is 15.2. The van der Waals surface area contributed by atoms with Crippen molar-refractivity contribution < 1.29 is 14.3 Å². The lowest BCUT2D eigenvalue weighted by Crippen LogP contribution is -2.09. The van der Waals surface area contributed by atoms with Crippen LogP contribution in [0.3, 0.4) is 0 Å². The maximum absolute atomic E-state index is 12.6. The van der Waals surface area contributed by atoms with E-state index >= 15 is 0 Å². The van der Waals surface area contributed by atoms with E-state index in [1.165, 1.54) is 76.2 Å². The van der Waals surface area contributed by atoms with Crippen LogP contribution in [0, 0.1) is 0 Å². The lowest BCUT2D eigenvalue weighted by Gasteiger charge is -2.15. The Morgan fingerprint density at radius 1 is 0.694 bits per heavy atom. The van der Waals surface area contributed by atoms with Gasteiger partial charge < -0.3 is 9.47 Å². The van der Waals surface area contributed by atoms with Crippen molar-refractivity contribution >= 4 is 5.97 Å². The van der Waals surface area contributed by atoms with Gasteiger partial charge in [0.15, 0.2) is 0 Å². The Labute approximate surface area is 221 Å². The quantitative estimate of drug-likeness (QED) is 0.111. The smallest absolute Gasteiger partial charge is 0.343 e.